The first-order valence-electron chi connectivity index (χ1n) is 11.4. The lowest BCUT2D eigenvalue weighted by molar-refractivity contribution is -0.132. The fraction of sp³-hybridized carbons (Fsp3) is 0.259. The van der Waals surface area contributed by atoms with Crippen LogP contribution in [0.1, 0.15) is 29.2 Å². The number of fused-ring (bicyclic) bond motifs is 1. The van der Waals surface area contributed by atoms with E-state index in [1.807, 2.05) is 66.7 Å². The molecule has 1 atom stereocenters. The molecule has 3 amide bonds. The number of carbonyl (C=O) groups excluding carboxylic acids is 2. The van der Waals surface area contributed by atoms with Crippen molar-refractivity contribution >= 4 is 11.9 Å². The highest BCUT2D eigenvalue weighted by Crippen LogP contribution is 2.34. The van der Waals surface area contributed by atoms with E-state index in [1.54, 1.807) is 19.1 Å². The van der Waals surface area contributed by atoms with Gasteiger partial charge in [-0.1, -0.05) is 30.3 Å². The second kappa shape index (κ2) is 10.8. The minimum Gasteiger partial charge on any atom is -0.493 e. The Morgan fingerprint density at radius 3 is 2.31 bits per heavy atom. The number of nitrogens with two attached hydrogens (primary N) is 1. The van der Waals surface area contributed by atoms with Crippen LogP contribution in [0, 0.1) is 0 Å². The molecule has 0 spiro atoms. The molecule has 0 saturated carbocycles. The van der Waals surface area contributed by atoms with Gasteiger partial charge in [-0.3, -0.25) is 4.79 Å². The van der Waals surface area contributed by atoms with Gasteiger partial charge >= 0.3 is 6.03 Å². The van der Waals surface area contributed by atoms with Gasteiger partial charge in [-0.05, 0) is 59.5 Å². The Hall–Kier alpha value is -4.20. The number of amides is 3. The third-order valence-corrected chi connectivity index (χ3v) is 6.01. The second-order valence-corrected chi connectivity index (χ2v) is 8.29. The topological polar surface area (TPSA) is 103 Å². The lowest BCUT2D eigenvalue weighted by atomic mass is 9.97. The zero-order valence-electron chi connectivity index (χ0n) is 19.8. The molecule has 3 N–H and O–H groups in total. The molecule has 0 aromatic heterocycles. The van der Waals surface area contributed by atoms with Gasteiger partial charge in [0.25, 0.3) is 0 Å². The highest BCUT2D eigenvalue weighted by Gasteiger charge is 2.26. The Balaban J connectivity index is 1.50. The zero-order chi connectivity index (χ0) is 24.8. The van der Waals surface area contributed by atoms with Gasteiger partial charge in [-0.2, -0.15) is 0 Å². The predicted octanol–water partition coefficient (Wildman–Crippen LogP) is 4.18. The summed E-state index contributed by atoms with van der Waals surface area (Å²) in [5, 5.41) is 2.71. The maximum atomic E-state index is 13.3. The van der Waals surface area contributed by atoms with E-state index in [4.69, 9.17) is 19.9 Å². The maximum Gasteiger partial charge on any atom is 0.312 e. The fourth-order valence-corrected chi connectivity index (χ4v) is 4.24. The van der Waals surface area contributed by atoms with Crippen molar-refractivity contribution < 1.29 is 23.8 Å². The summed E-state index contributed by atoms with van der Waals surface area (Å²) in [4.78, 5) is 26.8. The van der Waals surface area contributed by atoms with E-state index in [9.17, 15) is 9.59 Å². The third kappa shape index (κ3) is 5.84. The summed E-state index contributed by atoms with van der Waals surface area (Å²) in [5.74, 6) is 2.52. The number of hydrogen-bond acceptors (Lipinski definition) is 5. The number of ether oxygens (including phenoxy) is 3. The second-order valence-electron chi connectivity index (χ2n) is 8.29. The molecule has 182 valence electrons. The molecule has 0 bridgehead atoms. The van der Waals surface area contributed by atoms with Crippen LogP contribution in [-0.2, 0) is 17.8 Å². The van der Waals surface area contributed by atoms with Crippen molar-refractivity contribution in [1.82, 2.24) is 10.2 Å². The molecule has 0 radical (unpaired) electrons. The number of primary amides is 1. The number of para-hydroxylation sites is 1. The molecule has 4 rings (SSSR count). The number of methoxy groups -OCH3 is 2. The van der Waals surface area contributed by atoms with Crippen molar-refractivity contribution in [3.8, 4) is 23.0 Å². The first-order valence-corrected chi connectivity index (χ1v) is 11.4. The molecule has 1 heterocycles. The average molecular weight is 476 g/mol. The van der Waals surface area contributed by atoms with Crippen LogP contribution in [0.5, 0.6) is 23.0 Å². The molecular weight excluding hydrogens is 446 g/mol. The van der Waals surface area contributed by atoms with Crippen molar-refractivity contribution in [3.63, 3.8) is 0 Å². The SMILES string of the molecule is COc1cc2c(cc1OC)CN(C(=O)C[C@@H](NC(N)=O)c1cccc(Oc3ccccc3)c1)CC2. The van der Waals surface area contributed by atoms with Crippen LogP contribution in [0.15, 0.2) is 66.7 Å². The van der Waals surface area contributed by atoms with Crippen LogP contribution >= 0.6 is 0 Å². The van der Waals surface area contributed by atoms with Gasteiger partial charge in [0.1, 0.15) is 11.5 Å². The van der Waals surface area contributed by atoms with Crippen LogP contribution < -0.4 is 25.3 Å². The Morgan fingerprint density at radius 2 is 1.63 bits per heavy atom. The van der Waals surface area contributed by atoms with Crippen LogP contribution in [0.4, 0.5) is 4.79 Å². The number of benzene rings is 3. The summed E-state index contributed by atoms with van der Waals surface area (Å²) in [5.41, 5.74) is 8.31. The molecule has 0 aliphatic carbocycles. The van der Waals surface area contributed by atoms with Crippen molar-refractivity contribution in [2.75, 3.05) is 20.8 Å². The van der Waals surface area contributed by atoms with Gasteiger partial charge in [0.2, 0.25) is 5.91 Å². The summed E-state index contributed by atoms with van der Waals surface area (Å²) < 4.78 is 16.7. The summed E-state index contributed by atoms with van der Waals surface area (Å²) in [6.45, 7) is 1.02. The zero-order valence-corrected chi connectivity index (χ0v) is 19.8. The first-order chi connectivity index (χ1) is 17.0. The first kappa shape index (κ1) is 23.9. The molecule has 3 aromatic carbocycles. The highest BCUT2D eigenvalue weighted by molar-refractivity contribution is 5.79. The average Bonchev–Trinajstić information content (AvgIpc) is 2.87. The quantitative estimate of drug-likeness (QED) is 0.509. The number of urea groups is 1. The van der Waals surface area contributed by atoms with E-state index in [-0.39, 0.29) is 12.3 Å². The Kier molecular flexibility index (Phi) is 7.40. The van der Waals surface area contributed by atoms with E-state index in [0.717, 1.165) is 16.7 Å². The summed E-state index contributed by atoms with van der Waals surface area (Å²) >= 11 is 0. The van der Waals surface area contributed by atoms with Gasteiger partial charge < -0.3 is 30.2 Å². The smallest absolute Gasteiger partial charge is 0.312 e. The Morgan fingerprint density at radius 1 is 0.943 bits per heavy atom. The lowest BCUT2D eigenvalue weighted by Crippen LogP contribution is -2.40. The summed E-state index contributed by atoms with van der Waals surface area (Å²) in [7, 11) is 3.19. The molecule has 1 aliphatic rings. The maximum absolute atomic E-state index is 13.3. The fourth-order valence-electron chi connectivity index (χ4n) is 4.24. The van der Waals surface area contributed by atoms with E-state index in [2.05, 4.69) is 5.32 Å². The van der Waals surface area contributed by atoms with Crippen molar-refractivity contribution in [2.24, 2.45) is 5.73 Å². The normalized spacial score (nSPS) is 13.4. The molecule has 0 saturated heterocycles. The number of hydrogen-bond donors (Lipinski definition) is 2. The summed E-state index contributed by atoms with van der Waals surface area (Å²) in [6, 6.07) is 19.3. The van der Waals surface area contributed by atoms with Gasteiger partial charge in [0.15, 0.2) is 11.5 Å². The molecule has 35 heavy (non-hydrogen) atoms. The standard InChI is InChI=1S/C27H29N3O5/c1-33-24-14-18-11-12-30(17-20(18)15-25(24)34-2)26(31)16-23(29-27(28)32)19-7-6-10-22(13-19)35-21-8-4-3-5-9-21/h3-10,13-15,23H,11-12,16-17H2,1-2H3,(H3,28,29,32)/t23-/m1/s1. The number of rotatable bonds is 8. The third-order valence-electron chi connectivity index (χ3n) is 6.01. The molecule has 8 heteroatoms. The van der Waals surface area contributed by atoms with E-state index in [1.165, 1.54) is 0 Å². The van der Waals surface area contributed by atoms with E-state index >= 15 is 0 Å². The van der Waals surface area contributed by atoms with Crippen LogP contribution in [0.25, 0.3) is 0 Å². The number of nitrogens with one attached hydrogen (secondary N) is 1. The van der Waals surface area contributed by atoms with Gasteiger partial charge in [0.05, 0.1) is 26.7 Å². The molecule has 3 aromatic rings. The minimum atomic E-state index is -0.696. The highest BCUT2D eigenvalue weighted by atomic mass is 16.5. The van der Waals surface area contributed by atoms with Gasteiger partial charge in [-0.15, -0.1) is 0 Å². The van der Waals surface area contributed by atoms with Crippen molar-refractivity contribution in [3.05, 3.63) is 83.4 Å². The monoisotopic (exact) mass is 475 g/mol. The van der Waals surface area contributed by atoms with Gasteiger partial charge in [0, 0.05) is 13.1 Å². The molecule has 8 nitrogen and oxygen atoms in total. The lowest BCUT2D eigenvalue weighted by Gasteiger charge is -2.31. The summed E-state index contributed by atoms with van der Waals surface area (Å²) in [6.07, 6.45) is 0.774. The van der Waals surface area contributed by atoms with Crippen LogP contribution in [-0.4, -0.2) is 37.6 Å². The number of nitrogens with zero attached hydrogens (tertiary/aromatic N) is 1. The number of carbonyl (C=O) groups is 2. The minimum absolute atomic E-state index is 0.0698. The van der Waals surface area contributed by atoms with Crippen LogP contribution in [0.3, 0.4) is 0 Å². The van der Waals surface area contributed by atoms with E-state index < -0.39 is 12.1 Å². The van der Waals surface area contributed by atoms with Crippen molar-refractivity contribution in [2.45, 2.75) is 25.4 Å². The molecular formula is C27H29N3O5. The van der Waals surface area contributed by atoms with E-state index in [0.29, 0.717) is 42.5 Å². The van der Waals surface area contributed by atoms with Crippen molar-refractivity contribution in [1.29, 1.82) is 0 Å². The Labute approximate surface area is 204 Å². The Bertz CT molecular complexity index is 1200. The largest absolute Gasteiger partial charge is 0.493 e. The molecule has 0 fully saturated rings. The van der Waals surface area contributed by atoms with Crippen LogP contribution in [0.2, 0.25) is 0 Å². The van der Waals surface area contributed by atoms with Gasteiger partial charge in [-0.25, -0.2) is 4.79 Å². The predicted molar refractivity (Wildman–Crippen MR) is 132 cm³/mol. The molecule has 1 aliphatic heterocycles. The molecule has 0 unspecified atom stereocenters.